The maximum Gasteiger partial charge on any atom is 0.268 e. The van der Waals surface area contributed by atoms with Gasteiger partial charge < -0.3 is 10.3 Å². The van der Waals surface area contributed by atoms with Gasteiger partial charge in [0.25, 0.3) is 5.91 Å². The van der Waals surface area contributed by atoms with E-state index in [0.29, 0.717) is 19.0 Å². The molecule has 0 saturated carbocycles. The average molecular weight is 450 g/mol. The van der Waals surface area contributed by atoms with Crippen LogP contribution in [0.3, 0.4) is 0 Å². The first-order valence-electron chi connectivity index (χ1n) is 10.4. The number of hydrogen-bond donors (Lipinski definition) is 2. The lowest BCUT2D eigenvalue weighted by Crippen LogP contribution is -2.37. The van der Waals surface area contributed by atoms with Crippen LogP contribution in [-0.4, -0.2) is 48.2 Å². The van der Waals surface area contributed by atoms with Gasteiger partial charge in [-0.05, 0) is 29.0 Å². The molecule has 1 aliphatic rings. The largest absolute Gasteiger partial charge is 0.356 e. The number of nitrogens with one attached hydrogen (secondary N) is 2. The Morgan fingerprint density at radius 2 is 1.67 bits per heavy atom. The van der Waals surface area contributed by atoms with Gasteiger partial charge in [-0.2, -0.15) is 16.1 Å². The van der Waals surface area contributed by atoms with E-state index in [0.717, 1.165) is 17.1 Å². The molecule has 1 aromatic carbocycles. The van der Waals surface area contributed by atoms with Crippen LogP contribution < -0.4 is 5.32 Å². The van der Waals surface area contributed by atoms with Gasteiger partial charge in [-0.1, -0.05) is 52.0 Å². The lowest BCUT2D eigenvalue weighted by Gasteiger charge is -2.25. The monoisotopic (exact) mass is 449 g/mol. The smallest absolute Gasteiger partial charge is 0.268 e. The van der Waals surface area contributed by atoms with Crippen molar-refractivity contribution < 1.29 is 13.2 Å². The molecule has 0 spiro atoms. The van der Waals surface area contributed by atoms with Gasteiger partial charge in [-0.25, -0.2) is 8.42 Å². The van der Waals surface area contributed by atoms with Gasteiger partial charge in [0.2, 0.25) is 10.0 Å². The molecule has 0 radical (unpaired) electrons. The summed E-state index contributed by atoms with van der Waals surface area (Å²) in [5.41, 5.74) is 2.54. The first kappa shape index (κ1) is 22.9. The van der Waals surface area contributed by atoms with Crippen LogP contribution in [0.4, 0.5) is 0 Å². The molecule has 0 aliphatic carbocycles. The Bertz CT molecular complexity index is 960. The molecule has 1 saturated heterocycles. The van der Waals surface area contributed by atoms with Crippen LogP contribution in [-0.2, 0) is 10.0 Å². The van der Waals surface area contributed by atoms with Gasteiger partial charge in [0, 0.05) is 30.8 Å². The van der Waals surface area contributed by atoms with Crippen LogP contribution in [0.1, 0.15) is 61.3 Å². The highest BCUT2D eigenvalue weighted by Crippen LogP contribution is 2.25. The summed E-state index contributed by atoms with van der Waals surface area (Å²) in [6, 6.07) is 9.57. The van der Waals surface area contributed by atoms with E-state index in [4.69, 9.17) is 0 Å². The zero-order valence-corrected chi connectivity index (χ0v) is 19.6. The molecule has 1 unspecified atom stereocenters. The lowest BCUT2D eigenvalue weighted by molar-refractivity contribution is 0.0921. The van der Waals surface area contributed by atoms with Crippen molar-refractivity contribution in [1.82, 2.24) is 14.6 Å². The fourth-order valence-electron chi connectivity index (χ4n) is 3.53. The summed E-state index contributed by atoms with van der Waals surface area (Å²) in [5, 5.41) is 3.06. The molecule has 1 amide bonds. The topological polar surface area (TPSA) is 82.3 Å². The molecule has 2 N–H and O–H groups in total. The first-order chi connectivity index (χ1) is 14.2. The zero-order valence-electron chi connectivity index (χ0n) is 18.0. The lowest BCUT2D eigenvalue weighted by atomic mass is 9.93. The van der Waals surface area contributed by atoms with E-state index in [1.807, 2.05) is 0 Å². The number of amides is 1. The third-order valence-corrected chi connectivity index (χ3v) is 8.24. The van der Waals surface area contributed by atoms with Gasteiger partial charge in [-0.3, -0.25) is 4.79 Å². The molecule has 3 rings (SSSR count). The van der Waals surface area contributed by atoms with E-state index in [2.05, 4.69) is 62.3 Å². The molecule has 2 heterocycles. The molecule has 1 atom stereocenters. The van der Waals surface area contributed by atoms with E-state index in [9.17, 15) is 13.2 Å². The van der Waals surface area contributed by atoms with Crippen molar-refractivity contribution in [1.29, 1.82) is 0 Å². The minimum absolute atomic E-state index is 0.141. The molecule has 6 nitrogen and oxygen atoms in total. The third-order valence-electron chi connectivity index (χ3n) is 5.42. The highest BCUT2D eigenvalue weighted by Gasteiger charge is 2.28. The number of H-pyrrole nitrogens is 1. The summed E-state index contributed by atoms with van der Waals surface area (Å²) in [6.07, 6.45) is 1.41. The Labute approximate surface area is 183 Å². The summed E-state index contributed by atoms with van der Waals surface area (Å²) in [5.74, 6) is 1.91. The minimum atomic E-state index is -3.58. The molecule has 30 heavy (non-hydrogen) atoms. The van der Waals surface area contributed by atoms with Gasteiger partial charge >= 0.3 is 0 Å². The summed E-state index contributed by atoms with van der Waals surface area (Å²) < 4.78 is 27.1. The zero-order chi connectivity index (χ0) is 21.9. The number of aromatic nitrogens is 1. The van der Waals surface area contributed by atoms with Crippen molar-refractivity contribution in [3.05, 3.63) is 53.3 Å². The van der Waals surface area contributed by atoms with E-state index < -0.39 is 10.0 Å². The standard InChI is InChI=1S/C22H31N3O3S2/c1-15(2)17-5-7-18(8-6-17)21(16(3)4)24-22(26)20-13-19(14-23-20)30(27,28)25-9-11-29-12-10-25/h5-8,13-16,21,23H,9-12H2,1-4H3,(H,24,26). The number of sulfonamides is 1. The number of thioether (sulfide) groups is 1. The van der Waals surface area contributed by atoms with Crippen LogP contribution in [0.15, 0.2) is 41.4 Å². The van der Waals surface area contributed by atoms with Gasteiger partial charge in [-0.15, -0.1) is 0 Å². The first-order valence-corrected chi connectivity index (χ1v) is 13.0. The number of carbonyl (C=O) groups is 1. The van der Waals surface area contributed by atoms with Crippen molar-refractivity contribution in [2.75, 3.05) is 24.6 Å². The van der Waals surface area contributed by atoms with Crippen molar-refractivity contribution in [2.45, 2.75) is 44.6 Å². The summed E-state index contributed by atoms with van der Waals surface area (Å²) in [4.78, 5) is 15.9. The van der Waals surface area contributed by atoms with E-state index >= 15 is 0 Å². The van der Waals surface area contributed by atoms with Gasteiger partial charge in [0.1, 0.15) is 10.6 Å². The summed E-state index contributed by atoms with van der Waals surface area (Å²) >= 11 is 1.75. The number of nitrogens with zero attached hydrogens (tertiary/aromatic N) is 1. The van der Waals surface area contributed by atoms with E-state index in [1.165, 1.54) is 22.1 Å². The Kier molecular flexibility index (Phi) is 7.31. The van der Waals surface area contributed by atoms with Crippen LogP contribution >= 0.6 is 11.8 Å². The van der Waals surface area contributed by atoms with Crippen LogP contribution in [0, 0.1) is 5.92 Å². The Hall–Kier alpha value is -1.77. The van der Waals surface area contributed by atoms with Crippen molar-refractivity contribution >= 4 is 27.7 Å². The maximum absolute atomic E-state index is 12.9. The molecule has 2 aromatic rings. The minimum Gasteiger partial charge on any atom is -0.356 e. The maximum atomic E-state index is 12.9. The second-order valence-corrected chi connectivity index (χ2v) is 11.4. The molecular formula is C22H31N3O3S2. The molecular weight excluding hydrogens is 418 g/mol. The predicted molar refractivity (Wildman–Crippen MR) is 122 cm³/mol. The van der Waals surface area contributed by atoms with E-state index in [-0.39, 0.29) is 28.5 Å². The van der Waals surface area contributed by atoms with Crippen LogP contribution in [0.2, 0.25) is 0 Å². The molecule has 0 bridgehead atoms. The highest BCUT2D eigenvalue weighted by atomic mass is 32.2. The van der Waals surface area contributed by atoms with Crippen molar-refractivity contribution in [3.8, 4) is 0 Å². The fraction of sp³-hybridized carbons (Fsp3) is 0.500. The van der Waals surface area contributed by atoms with Gasteiger partial charge in [0.05, 0.1) is 6.04 Å². The SMILES string of the molecule is CC(C)c1ccc(C(NC(=O)c2cc(S(=O)(=O)N3CCSCC3)c[nH]2)C(C)C)cc1. The molecule has 164 valence electrons. The molecule has 8 heteroatoms. The number of benzene rings is 1. The Balaban J connectivity index is 1.75. The Morgan fingerprint density at radius 1 is 1.07 bits per heavy atom. The second-order valence-electron chi connectivity index (χ2n) is 8.28. The number of aromatic amines is 1. The molecule has 1 aliphatic heterocycles. The quantitative estimate of drug-likeness (QED) is 0.669. The van der Waals surface area contributed by atoms with Crippen molar-refractivity contribution in [2.24, 2.45) is 5.92 Å². The van der Waals surface area contributed by atoms with Crippen molar-refractivity contribution in [3.63, 3.8) is 0 Å². The average Bonchev–Trinajstić information content (AvgIpc) is 3.24. The Morgan fingerprint density at radius 3 is 2.23 bits per heavy atom. The molecule has 1 fully saturated rings. The predicted octanol–water partition coefficient (Wildman–Crippen LogP) is 4.00. The number of hydrogen-bond acceptors (Lipinski definition) is 4. The number of rotatable bonds is 7. The second kappa shape index (κ2) is 9.58. The van der Waals surface area contributed by atoms with E-state index in [1.54, 1.807) is 11.8 Å². The fourth-order valence-corrected chi connectivity index (χ4v) is 6.10. The third kappa shape index (κ3) is 5.10. The molecule has 1 aromatic heterocycles. The van der Waals surface area contributed by atoms with Crippen LogP contribution in [0.5, 0.6) is 0 Å². The highest BCUT2D eigenvalue weighted by molar-refractivity contribution is 7.99. The van der Waals surface area contributed by atoms with Gasteiger partial charge in [0.15, 0.2) is 0 Å². The summed E-state index contributed by atoms with van der Waals surface area (Å²) in [7, 11) is -3.58. The van der Waals surface area contributed by atoms with Crippen LogP contribution in [0.25, 0.3) is 0 Å². The summed E-state index contributed by atoms with van der Waals surface area (Å²) in [6.45, 7) is 9.41. The normalized spacial score (nSPS) is 16.7. The number of carbonyl (C=O) groups excluding carboxylic acids is 1.